The first-order chi connectivity index (χ1) is 13.2. The second-order valence-electron chi connectivity index (χ2n) is 7.62. The number of nitrogens with zero attached hydrogens (tertiary/aromatic N) is 4. The molecule has 0 spiro atoms. The fourth-order valence-corrected chi connectivity index (χ4v) is 3.87. The molecule has 1 aliphatic carbocycles. The summed E-state index contributed by atoms with van der Waals surface area (Å²) >= 11 is 0. The van der Waals surface area contributed by atoms with E-state index in [1.807, 2.05) is 13.1 Å². The summed E-state index contributed by atoms with van der Waals surface area (Å²) in [5.41, 5.74) is 5.30. The Kier molecular flexibility index (Phi) is 3.93. The number of aromatic nitrogens is 3. The van der Waals surface area contributed by atoms with Crippen molar-refractivity contribution in [1.29, 1.82) is 0 Å². The van der Waals surface area contributed by atoms with Crippen molar-refractivity contribution in [3.63, 3.8) is 0 Å². The van der Waals surface area contributed by atoms with Crippen LogP contribution in [-0.4, -0.2) is 38.2 Å². The number of aromatic hydroxyl groups is 1. The van der Waals surface area contributed by atoms with Crippen molar-refractivity contribution in [3.05, 3.63) is 47.3 Å². The first-order valence-electron chi connectivity index (χ1n) is 9.50. The van der Waals surface area contributed by atoms with Crippen LogP contribution in [0.15, 0.2) is 35.0 Å². The number of aryl methyl sites for hydroxylation is 1. The first kappa shape index (κ1) is 16.4. The third kappa shape index (κ3) is 3.21. The number of hydrogen-bond donors (Lipinski definition) is 1. The molecule has 1 aliphatic heterocycles. The zero-order chi connectivity index (χ0) is 18.4. The molecule has 138 valence electrons. The lowest BCUT2D eigenvalue weighted by Crippen LogP contribution is -2.32. The fraction of sp³-hybridized carbons (Fsp3) is 0.381. The molecule has 6 nitrogen and oxygen atoms in total. The molecule has 6 heteroatoms. The molecular weight excluding hydrogens is 340 g/mol. The van der Waals surface area contributed by atoms with Gasteiger partial charge in [-0.05, 0) is 67.5 Å². The van der Waals surface area contributed by atoms with Gasteiger partial charge in [0.25, 0.3) is 5.89 Å². The van der Waals surface area contributed by atoms with Crippen LogP contribution in [0.4, 0.5) is 0 Å². The third-order valence-corrected chi connectivity index (χ3v) is 5.51. The Morgan fingerprint density at radius 1 is 1.22 bits per heavy atom. The molecule has 1 N–H and O–H groups in total. The van der Waals surface area contributed by atoms with Crippen LogP contribution >= 0.6 is 0 Å². The highest BCUT2D eigenvalue weighted by Crippen LogP contribution is 2.34. The van der Waals surface area contributed by atoms with Crippen molar-refractivity contribution in [2.45, 2.75) is 32.7 Å². The second kappa shape index (κ2) is 6.46. The summed E-state index contributed by atoms with van der Waals surface area (Å²) in [7, 11) is 0. The van der Waals surface area contributed by atoms with Crippen LogP contribution in [0.1, 0.15) is 29.7 Å². The number of fused-ring (bicyclic) bond motifs is 1. The zero-order valence-corrected chi connectivity index (χ0v) is 15.4. The molecular formula is C21H22N4O2. The summed E-state index contributed by atoms with van der Waals surface area (Å²) in [5, 5.41) is 13.7. The van der Waals surface area contributed by atoms with E-state index < -0.39 is 0 Å². The predicted molar refractivity (Wildman–Crippen MR) is 101 cm³/mol. The van der Waals surface area contributed by atoms with E-state index in [4.69, 9.17) is 4.52 Å². The summed E-state index contributed by atoms with van der Waals surface area (Å²) in [6.07, 6.45) is 5.76. The minimum Gasteiger partial charge on any atom is -0.508 e. The van der Waals surface area contributed by atoms with Crippen LogP contribution in [0, 0.1) is 12.8 Å². The van der Waals surface area contributed by atoms with Crippen LogP contribution in [0.5, 0.6) is 5.75 Å². The van der Waals surface area contributed by atoms with E-state index in [9.17, 15) is 5.11 Å². The molecule has 1 fully saturated rings. The van der Waals surface area contributed by atoms with Gasteiger partial charge in [0.15, 0.2) is 0 Å². The lowest BCUT2D eigenvalue weighted by molar-refractivity contribution is 0.243. The average Bonchev–Trinajstić information content (AvgIpc) is 3.36. The second-order valence-corrected chi connectivity index (χ2v) is 7.62. The van der Waals surface area contributed by atoms with Gasteiger partial charge in [-0.15, -0.1) is 0 Å². The molecule has 0 saturated heterocycles. The average molecular weight is 362 g/mol. The quantitative estimate of drug-likeness (QED) is 0.765. The van der Waals surface area contributed by atoms with Gasteiger partial charge >= 0.3 is 0 Å². The van der Waals surface area contributed by atoms with Gasteiger partial charge in [0.1, 0.15) is 5.75 Å². The molecule has 0 radical (unpaired) electrons. The molecule has 0 atom stereocenters. The summed E-state index contributed by atoms with van der Waals surface area (Å²) in [6.45, 7) is 5.23. The number of phenolic OH excluding ortho intramolecular Hbond substituents is 1. The van der Waals surface area contributed by atoms with E-state index in [-0.39, 0.29) is 5.75 Å². The number of phenols is 1. The summed E-state index contributed by atoms with van der Waals surface area (Å²) in [6, 6.07) is 6.78. The topological polar surface area (TPSA) is 75.3 Å². The van der Waals surface area contributed by atoms with Crippen molar-refractivity contribution >= 4 is 0 Å². The number of rotatable bonds is 4. The summed E-state index contributed by atoms with van der Waals surface area (Å²) < 4.78 is 5.49. The lowest BCUT2D eigenvalue weighted by Gasteiger charge is -2.29. The molecule has 0 amide bonds. The van der Waals surface area contributed by atoms with Gasteiger partial charge in [-0.1, -0.05) is 5.16 Å². The van der Waals surface area contributed by atoms with Crippen LogP contribution in [0.2, 0.25) is 0 Å². The summed E-state index contributed by atoms with van der Waals surface area (Å²) in [4.78, 5) is 11.8. The Labute approximate surface area is 157 Å². The highest BCUT2D eigenvalue weighted by molar-refractivity contribution is 5.67. The maximum absolute atomic E-state index is 9.46. The van der Waals surface area contributed by atoms with Crippen molar-refractivity contribution in [2.24, 2.45) is 5.92 Å². The SMILES string of the molecule is Cc1ncc2c(c1-c1noc(-c3ccc(O)cc3)n1)CCN(CC1CC1)C2. The first-order valence-corrected chi connectivity index (χ1v) is 9.50. The fourth-order valence-electron chi connectivity index (χ4n) is 3.87. The zero-order valence-electron chi connectivity index (χ0n) is 15.4. The normalized spacial score (nSPS) is 17.1. The highest BCUT2D eigenvalue weighted by atomic mass is 16.5. The van der Waals surface area contributed by atoms with Gasteiger partial charge in [0, 0.05) is 42.7 Å². The monoisotopic (exact) mass is 362 g/mol. The lowest BCUT2D eigenvalue weighted by atomic mass is 9.94. The molecule has 1 saturated carbocycles. The van der Waals surface area contributed by atoms with E-state index in [2.05, 4.69) is 20.0 Å². The van der Waals surface area contributed by atoms with Gasteiger partial charge in [-0.3, -0.25) is 9.88 Å². The van der Waals surface area contributed by atoms with E-state index in [0.717, 1.165) is 42.2 Å². The van der Waals surface area contributed by atoms with E-state index >= 15 is 0 Å². The highest BCUT2D eigenvalue weighted by Gasteiger charge is 2.28. The Bertz CT molecular complexity index is 976. The molecule has 0 bridgehead atoms. The summed E-state index contributed by atoms with van der Waals surface area (Å²) in [5.74, 6) is 2.16. The number of benzene rings is 1. The van der Waals surface area contributed by atoms with Crippen molar-refractivity contribution in [2.75, 3.05) is 13.1 Å². The predicted octanol–water partition coefficient (Wildman–Crippen LogP) is 3.58. The maximum Gasteiger partial charge on any atom is 0.258 e. The molecule has 3 aromatic rings. The van der Waals surface area contributed by atoms with Crippen molar-refractivity contribution in [1.82, 2.24) is 20.0 Å². The Morgan fingerprint density at radius 3 is 2.81 bits per heavy atom. The maximum atomic E-state index is 9.46. The molecule has 2 aromatic heterocycles. The van der Waals surface area contributed by atoms with Gasteiger partial charge in [-0.2, -0.15) is 4.98 Å². The number of pyridine rings is 1. The van der Waals surface area contributed by atoms with E-state index in [0.29, 0.717) is 11.7 Å². The molecule has 0 unspecified atom stereocenters. The molecule has 5 rings (SSSR count). The van der Waals surface area contributed by atoms with Crippen LogP contribution < -0.4 is 0 Å². The van der Waals surface area contributed by atoms with Crippen LogP contribution in [0.3, 0.4) is 0 Å². The molecule has 1 aromatic carbocycles. The van der Waals surface area contributed by atoms with Crippen LogP contribution in [-0.2, 0) is 13.0 Å². The molecule has 3 heterocycles. The van der Waals surface area contributed by atoms with Gasteiger partial charge in [-0.25, -0.2) is 0 Å². The Hall–Kier alpha value is -2.73. The van der Waals surface area contributed by atoms with Crippen LogP contribution in [0.25, 0.3) is 22.8 Å². The van der Waals surface area contributed by atoms with Gasteiger partial charge < -0.3 is 9.63 Å². The van der Waals surface area contributed by atoms with Gasteiger partial charge in [0.05, 0.1) is 0 Å². The minimum atomic E-state index is 0.214. The Balaban J connectivity index is 1.47. The van der Waals surface area contributed by atoms with Crippen molar-refractivity contribution in [3.8, 4) is 28.6 Å². The minimum absolute atomic E-state index is 0.214. The molecule has 27 heavy (non-hydrogen) atoms. The molecule has 2 aliphatic rings. The van der Waals surface area contributed by atoms with Gasteiger partial charge in [0.2, 0.25) is 5.82 Å². The Morgan fingerprint density at radius 2 is 2.04 bits per heavy atom. The van der Waals surface area contributed by atoms with E-state index in [1.165, 1.54) is 30.5 Å². The van der Waals surface area contributed by atoms with Crippen molar-refractivity contribution < 1.29 is 9.63 Å². The standard InChI is InChI=1S/C21H22N4O2/c1-13-19(20-23-21(27-24-20)15-4-6-17(26)7-5-15)18-8-9-25(11-14-2-3-14)12-16(18)10-22-13/h4-7,10,14,26H,2-3,8-9,11-12H2,1H3. The van der Waals surface area contributed by atoms with E-state index in [1.54, 1.807) is 24.3 Å². The third-order valence-electron chi connectivity index (χ3n) is 5.51. The smallest absolute Gasteiger partial charge is 0.258 e. The number of hydrogen-bond acceptors (Lipinski definition) is 6. The largest absolute Gasteiger partial charge is 0.508 e.